The molecule has 0 fully saturated rings. The van der Waals surface area contributed by atoms with Gasteiger partial charge in [0.15, 0.2) is 0 Å². The number of hydrogen-bond donors (Lipinski definition) is 0. The van der Waals surface area contributed by atoms with Gasteiger partial charge in [-0.15, -0.1) is 0 Å². The molecular weight excluding hydrogens is 318 g/mol. The van der Waals surface area contributed by atoms with Crippen molar-refractivity contribution in [1.82, 2.24) is 14.2 Å². The molecule has 0 radical (unpaired) electrons. The predicted octanol–water partition coefficient (Wildman–Crippen LogP) is 2.99. The lowest BCUT2D eigenvalue weighted by molar-refractivity contribution is 0.186. The summed E-state index contributed by atoms with van der Waals surface area (Å²) in [4.78, 5) is 12.6. The number of ether oxygens (including phenoxy) is 2. The summed E-state index contributed by atoms with van der Waals surface area (Å²) in [5.41, 5.74) is 2.08. The summed E-state index contributed by atoms with van der Waals surface area (Å²) in [6, 6.07) is 9.60. The summed E-state index contributed by atoms with van der Waals surface area (Å²) in [5.74, 6) is 0.791. The quantitative estimate of drug-likeness (QED) is 0.591. The second-order valence-electron chi connectivity index (χ2n) is 5.85. The molecule has 0 aliphatic rings. The highest BCUT2D eigenvalue weighted by Crippen LogP contribution is 2.29. The van der Waals surface area contributed by atoms with Crippen molar-refractivity contribution >= 4 is 5.52 Å². The van der Waals surface area contributed by atoms with Crippen LogP contribution in [-0.4, -0.2) is 34.5 Å². The Morgan fingerprint density at radius 3 is 2.80 bits per heavy atom. The van der Waals surface area contributed by atoms with Crippen molar-refractivity contribution in [2.24, 2.45) is 0 Å². The van der Waals surface area contributed by atoms with E-state index in [1.54, 1.807) is 28.6 Å². The zero-order valence-electron chi connectivity index (χ0n) is 14.6. The van der Waals surface area contributed by atoms with E-state index in [9.17, 15) is 4.79 Å². The van der Waals surface area contributed by atoms with Gasteiger partial charge in [0, 0.05) is 31.6 Å². The smallest absolute Gasteiger partial charge is 0.276 e. The van der Waals surface area contributed by atoms with E-state index < -0.39 is 0 Å². The molecule has 25 heavy (non-hydrogen) atoms. The van der Waals surface area contributed by atoms with Crippen LogP contribution in [0.5, 0.6) is 5.75 Å². The topological polar surface area (TPSA) is 57.8 Å². The Kier molecular flexibility index (Phi) is 5.50. The minimum Gasteiger partial charge on any atom is -0.493 e. The van der Waals surface area contributed by atoms with Gasteiger partial charge in [0.1, 0.15) is 11.3 Å². The minimum atomic E-state index is -0.0808. The van der Waals surface area contributed by atoms with Gasteiger partial charge in [-0.1, -0.05) is 25.5 Å². The third-order valence-electron chi connectivity index (χ3n) is 4.06. The van der Waals surface area contributed by atoms with Crippen LogP contribution in [0.15, 0.2) is 47.5 Å². The maximum absolute atomic E-state index is 12.6. The Bertz CT molecular complexity index is 898. The molecular formula is C19H23N3O3. The molecule has 0 spiro atoms. The lowest BCUT2D eigenvalue weighted by atomic mass is 10.1. The third kappa shape index (κ3) is 3.74. The molecule has 1 aromatic carbocycles. The molecule has 6 nitrogen and oxygen atoms in total. The molecule has 3 rings (SSSR count). The minimum absolute atomic E-state index is 0.0808. The maximum Gasteiger partial charge on any atom is 0.276 e. The molecule has 0 bridgehead atoms. The van der Waals surface area contributed by atoms with Gasteiger partial charge in [-0.05, 0) is 24.6 Å². The third-order valence-corrected chi connectivity index (χ3v) is 4.06. The van der Waals surface area contributed by atoms with Crippen molar-refractivity contribution in [2.75, 3.05) is 20.3 Å². The first kappa shape index (κ1) is 17.2. The summed E-state index contributed by atoms with van der Waals surface area (Å²) in [5, 5.41) is 4.55. The Morgan fingerprint density at radius 1 is 1.16 bits per heavy atom. The summed E-state index contributed by atoms with van der Waals surface area (Å²) >= 11 is 0. The van der Waals surface area contributed by atoms with Gasteiger partial charge in [-0.3, -0.25) is 4.79 Å². The molecule has 2 aromatic heterocycles. The van der Waals surface area contributed by atoms with E-state index in [0.717, 1.165) is 29.8 Å². The first-order valence-corrected chi connectivity index (χ1v) is 8.54. The first-order valence-electron chi connectivity index (χ1n) is 8.54. The highest BCUT2D eigenvalue weighted by molar-refractivity contribution is 5.71. The van der Waals surface area contributed by atoms with Gasteiger partial charge in [0.05, 0.1) is 18.9 Å². The fourth-order valence-electron chi connectivity index (χ4n) is 2.65. The maximum atomic E-state index is 12.6. The second-order valence-corrected chi connectivity index (χ2v) is 5.85. The zero-order valence-corrected chi connectivity index (χ0v) is 14.6. The predicted molar refractivity (Wildman–Crippen MR) is 97.2 cm³/mol. The van der Waals surface area contributed by atoms with E-state index in [2.05, 4.69) is 12.0 Å². The van der Waals surface area contributed by atoms with Crippen LogP contribution in [0.2, 0.25) is 0 Å². The molecule has 0 aliphatic carbocycles. The van der Waals surface area contributed by atoms with Crippen LogP contribution >= 0.6 is 0 Å². The van der Waals surface area contributed by atoms with Crippen molar-refractivity contribution in [3.63, 3.8) is 0 Å². The second kappa shape index (κ2) is 7.98. The number of nitrogens with zero attached hydrogens (tertiary/aromatic N) is 3. The van der Waals surface area contributed by atoms with Crippen LogP contribution in [0.4, 0.5) is 0 Å². The summed E-state index contributed by atoms with van der Waals surface area (Å²) in [6.45, 7) is 3.81. The molecule has 0 saturated carbocycles. The fourth-order valence-corrected chi connectivity index (χ4v) is 2.65. The van der Waals surface area contributed by atoms with E-state index in [1.165, 1.54) is 0 Å². The van der Waals surface area contributed by atoms with E-state index in [4.69, 9.17) is 9.47 Å². The van der Waals surface area contributed by atoms with E-state index in [0.29, 0.717) is 25.3 Å². The molecule has 0 unspecified atom stereocenters. The van der Waals surface area contributed by atoms with E-state index >= 15 is 0 Å². The highest BCUT2D eigenvalue weighted by Gasteiger charge is 2.12. The Labute approximate surface area is 146 Å². The summed E-state index contributed by atoms with van der Waals surface area (Å²) < 4.78 is 14.2. The number of rotatable bonds is 8. The number of methoxy groups -OCH3 is 1. The Morgan fingerprint density at radius 2 is 2.00 bits per heavy atom. The van der Waals surface area contributed by atoms with E-state index in [-0.39, 0.29) is 5.56 Å². The van der Waals surface area contributed by atoms with Gasteiger partial charge in [-0.25, -0.2) is 4.52 Å². The number of aromatic nitrogens is 3. The van der Waals surface area contributed by atoms with Crippen LogP contribution in [0.3, 0.4) is 0 Å². The molecule has 2 heterocycles. The van der Waals surface area contributed by atoms with Crippen LogP contribution in [-0.2, 0) is 11.3 Å². The van der Waals surface area contributed by atoms with Crippen LogP contribution in [0, 0.1) is 0 Å². The number of para-hydroxylation sites is 1. The van der Waals surface area contributed by atoms with Gasteiger partial charge < -0.3 is 14.0 Å². The van der Waals surface area contributed by atoms with Gasteiger partial charge in [0.2, 0.25) is 0 Å². The van der Waals surface area contributed by atoms with E-state index in [1.807, 2.05) is 30.3 Å². The standard InChI is InChI=1S/C19H23N3O3/c1-3-4-12-25-18-8-6-5-7-15(18)16-14-17-19(23)21(11-13-24-2)9-10-22(17)20-16/h5-10,14H,3-4,11-13H2,1-2H3. The van der Waals surface area contributed by atoms with Crippen LogP contribution < -0.4 is 10.3 Å². The SMILES string of the molecule is CCCCOc1ccccc1-c1cc2c(=O)n(CCOC)ccn2n1. The number of benzene rings is 1. The molecule has 0 atom stereocenters. The molecule has 132 valence electrons. The Balaban J connectivity index is 1.97. The molecule has 0 N–H and O–H groups in total. The Hall–Kier alpha value is -2.60. The lowest BCUT2D eigenvalue weighted by Crippen LogP contribution is -2.23. The zero-order chi connectivity index (χ0) is 17.6. The molecule has 0 amide bonds. The van der Waals surface area contributed by atoms with Crippen LogP contribution in [0.25, 0.3) is 16.8 Å². The number of unbranched alkanes of at least 4 members (excludes halogenated alkanes) is 1. The monoisotopic (exact) mass is 341 g/mol. The van der Waals surface area contributed by atoms with Crippen molar-refractivity contribution in [2.45, 2.75) is 26.3 Å². The van der Waals surface area contributed by atoms with Crippen molar-refractivity contribution < 1.29 is 9.47 Å². The van der Waals surface area contributed by atoms with Crippen molar-refractivity contribution in [3.05, 3.63) is 53.1 Å². The number of hydrogen-bond acceptors (Lipinski definition) is 4. The molecule has 6 heteroatoms. The van der Waals surface area contributed by atoms with Crippen molar-refractivity contribution in [3.8, 4) is 17.0 Å². The molecule has 0 aliphatic heterocycles. The normalized spacial score (nSPS) is 11.1. The average Bonchev–Trinajstić information content (AvgIpc) is 3.07. The van der Waals surface area contributed by atoms with Crippen molar-refractivity contribution in [1.29, 1.82) is 0 Å². The molecule has 3 aromatic rings. The average molecular weight is 341 g/mol. The number of fused-ring (bicyclic) bond motifs is 1. The lowest BCUT2D eigenvalue weighted by Gasteiger charge is -2.09. The first-order chi connectivity index (χ1) is 12.2. The van der Waals surface area contributed by atoms with Gasteiger partial charge >= 0.3 is 0 Å². The highest BCUT2D eigenvalue weighted by atomic mass is 16.5. The summed E-state index contributed by atoms with van der Waals surface area (Å²) in [6.07, 6.45) is 5.60. The fraction of sp³-hybridized carbons (Fsp3) is 0.368. The van der Waals surface area contributed by atoms with Gasteiger partial charge in [0.25, 0.3) is 5.56 Å². The summed E-state index contributed by atoms with van der Waals surface area (Å²) in [7, 11) is 1.62. The largest absolute Gasteiger partial charge is 0.493 e. The molecule has 0 saturated heterocycles. The van der Waals surface area contributed by atoms with Crippen LogP contribution in [0.1, 0.15) is 19.8 Å². The van der Waals surface area contributed by atoms with Gasteiger partial charge in [-0.2, -0.15) is 5.10 Å².